The third-order valence-corrected chi connectivity index (χ3v) is 6.76. The first-order valence-corrected chi connectivity index (χ1v) is 10.0. The van der Waals surface area contributed by atoms with Crippen molar-refractivity contribution < 1.29 is 8.42 Å². The van der Waals surface area contributed by atoms with Crippen LogP contribution in [-0.4, -0.2) is 12.4 Å². The van der Waals surface area contributed by atoms with Crippen molar-refractivity contribution in [1.29, 1.82) is 0 Å². The SMILES string of the molecule is Cc1ccc(S(=O)(=O)n2c3ccccc3c3cccc(I)c32)cc1. The van der Waals surface area contributed by atoms with Crippen molar-refractivity contribution in [3.63, 3.8) is 0 Å². The fourth-order valence-electron chi connectivity index (χ4n) is 3.00. The normalized spacial score (nSPS) is 12.1. The molecule has 0 unspecified atom stereocenters. The molecule has 3 aromatic carbocycles. The number of hydrogen-bond donors (Lipinski definition) is 0. The van der Waals surface area contributed by atoms with Crippen molar-refractivity contribution in [1.82, 2.24) is 3.97 Å². The fourth-order valence-corrected chi connectivity index (χ4v) is 5.45. The largest absolute Gasteiger partial charge is 0.268 e. The van der Waals surface area contributed by atoms with Crippen molar-refractivity contribution in [3.8, 4) is 0 Å². The number of para-hydroxylation sites is 2. The minimum atomic E-state index is -3.68. The second-order valence-corrected chi connectivity index (χ2v) is 8.68. The van der Waals surface area contributed by atoms with Gasteiger partial charge < -0.3 is 0 Å². The predicted molar refractivity (Wildman–Crippen MR) is 106 cm³/mol. The van der Waals surface area contributed by atoms with Gasteiger partial charge in [-0.3, -0.25) is 0 Å². The molecule has 0 saturated heterocycles. The van der Waals surface area contributed by atoms with Crippen molar-refractivity contribution in [2.24, 2.45) is 0 Å². The maximum atomic E-state index is 13.3. The molecule has 0 bridgehead atoms. The zero-order chi connectivity index (χ0) is 16.9. The molecular formula is C19H14INO2S. The van der Waals surface area contributed by atoms with Gasteiger partial charge in [-0.1, -0.05) is 48.0 Å². The first-order chi connectivity index (χ1) is 11.5. The Morgan fingerprint density at radius 1 is 0.833 bits per heavy atom. The number of hydrogen-bond acceptors (Lipinski definition) is 2. The first kappa shape index (κ1) is 15.7. The van der Waals surface area contributed by atoms with Gasteiger partial charge in [0.25, 0.3) is 10.0 Å². The average Bonchev–Trinajstić information content (AvgIpc) is 2.92. The molecule has 5 heteroatoms. The maximum absolute atomic E-state index is 13.3. The van der Waals surface area contributed by atoms with Crippen LogP contribution in [0.5, 0.6) is 0 Å². The topological polar surface area (TPSA) is 39.1 Å². The zero-order valence-corrected chi connectivity index (χ0v) is 15.9. The molecule has 0 N–H and O–H groups in total. The number of benzene rings is 3. The van der Waals surface area contributed by atoms with E-state index >= 15 is 0 Å². The predicted octanol–water partition coefficient (Wildman–Crippen LogP) is 4.94. The highest BCUT2D eigenvalue weighted by molar-refractivity contribution is 14.1. The van der Waals surface area contributed by atoms with Crippen LogP contribution in [0.25, 0.3) is 21.8 Å². The summed E-state index contributed by atoms with van der Waals surface area (Å²) in [7, 11) is -3.68. The van der Waals surface area contributed by atoms with E-state index in [9.17, 15) is 8.42 Å². The summed E-state index contributed by atoms with van der Waals surface area (Å²) >= 11 is 2.20. The lowest BCUT2D eigenvalue weighted by Crippen LogP contribution is -2.13. The van der Waals surface area contributed by atoms with Gasteiger partial charge >= 0.3 is 0 Å². The summed E-state index contributed by atoms with van der Waals surface area (Å²) in [6, 6.07) is 20.5. The molecule has 1 aromatic heterocycles. The van der Waals surface area contributed by atoms with E-state index in [-0.39, 0.29) is 0 Å². The van der Waals surface area contributed by atoms with Crippen LogP contribution in [0.4, 0.5) is 0 Å². The van der Waals surface area contributed by atoms with E-state index in [1.807, 2.05) is 61.5 Å². The fraction of sp³-hybridized carbons (Fsp3) is 0.0526. The van der Waals surface area contributed by atoms with Gasteiger partial charge in [-0.05, 0) is 53.8 Å². The standard InChI is InChI=1S/C19H14INO2S/c1-13-9-11-14(12-10-13)24(22,23)21-18-8-3-2-5-15(18)16-6-4-7-17(20)19(16)21/h2-12H,1H3. The molecule has 1 heterocycles. The molecule has 0 spiro atoms. The minimum absolute atomic E-state index is 0.301. The van der Waals surface area contributed by atoms with Gasteiger partial charge in [-0.25, -0.2) is 12.4 Å². The second-order valence-electron chi connectivity index (χ2n) is 5.74. The highest BCUT2D eigenvalue weighted by Gasteiger charge is 2.24. The van der Waals surface area contributed by atoms with Crippen molar-refractivity contribution in [2.75, 3.05) is 0 Å². The second kappa shape index (κ2) is 5.60. The lowest BCUT2D eigenvalue weighted by Gasteiger charge is -2.10. The zero-order valence-electron chi connectivity index (χ0n) is 12.9. The molecule has 0 atom stereocenters. The summed E-state index contributed by atoms with van der Waals surface area (Å²) in [4.78, 5) is 0.301. The lowest BCUT2D eigenvalue weighted by molar-refractivity contribution is 0.590. The van der Waals surface area contributed by atoms with E-state index in [0.29, 0.717) is 10.4 Å². The molecule has 3 nitrogen and oxygen atoms in total. The smallest absolute Gasteiger partial charge is 0.232 e. The van der Waals surface area contributed by atoms with E-state index in [1.165, 1.54) is 3.97 Å². The van der Waals surface area contributed by atoms with Gasteiger partial charge in [0.15, 0.2) is 0 Å². The molecule has 0 radical (unpaired) electrons. The molecule has 0 aliphatic rings. The van der Waals surface area contributed by atoms with Gasteiger partial charge in [-0.2, -0.15) is 0 Å². The van der Waals surface area contributed by atoms with E-state index in [2.05, 4.69) is 22.6 Å². The summed E-state index contributed by atoms with van der Waals surface area (Å²) < 4.78 is 29.1. The van der Waals surface area contributed by atoms with Gasteiger partial charge in [0.2, 0.25) is 0 Å². The molecule has 120 valence electrons. The monoisotopic (exact) mass is 447 g/mol. The number of fused-ring (bicyclic) bond motifs is 3. The molecule has 0 saturated carbocycles. The molecule has 0 fully saturated rings. The van der Waals surface area contributed by atoms with Crippen LogP contribution in [-0.2, 0) is 10.0 Å². The number of halogens is 1. The quantitative estimate of drug-likeness (QED) is 0.408. The summed E-state index contributed by atoms with van der Waals surface area (Å²) in [5, 5.41) is 1.90. The Bertz CT molecular complexity index is 1180. The van der Waals surface area contributed by atoms with Crippen molar-refractivity contribution in [3.05, 3.63) is 75.9 Å². The van der Waals surface area contributed by atoms with Gasteiger partial charge in [0.05, 0.1) is 15.9 Å². The Morgan fingerprint density at radius 2 is 1.50 bits per heavy atom. The van der Waals surface area contributed by atoms with Crippen LogP contribution in [0.3, 0.4) is 0 Å². The number of aryl methyl sites for hydroxylation is 1. The minimum Gasteiger partial charge on any atom is -0.232 e. The Morgan fingerprint density at radius 3 is 2.25 bits per heavy atom. The molecule has 24 heavy (non-hydrogen) atoms. The summed E-state index contributed by atoms with van der Waals surface area (Å²) in [5.41, 5.74) is 2.47. The maximum Gasteiger partial charge on any atom is 0.268 e. The molecule has 0 aliphatic heterocycles. The lowest BCUT2D eigenvalue weighted by atomic mass is 10.2. The van der Waals surface area contributed by atoms with Crippen LogP contribution in [0, 0.1) is 10.5 Å². The van der Waals surface area contributed by atoms with Crippen LogP contribution in [0.2, 0.25) is 0 Å². The molecule has 4 rings (SSSR count). The Balaban J connectivity index is 2.17. The molecule has 0 amide bonds. The number of nitrogens with zero attached hydrogens (tertiary/aromatic N) is 1. The van der Waals surface area contributed by atoms with Crippen LogP contribution in [0.1, 0.15) is 5.56 Å². The highest BCUT2D eigenvalue weighted by atomic mass is 127. The number of rotatable bonds is 2. The van der Waals surface area contributed by atoms with Crippen molar-refractivity contribution in [2.45, 2.75) is 11.8 Å². The van der Waals surface area contributed by atoms with E-state index < -0.39 is 10.0 Å². The van der Waals surface area contributed by atoms with Crippen LogP contribution >= 0.6 is 22.6 Å². The van der Waals surface area contributed by atoms with E-state index in [1.54, 1.807) is 12.1 Å². The van der Waals surface area contributed by atoms with Gasteiger partial charge in [0, 0.05) is 14.3 Å². The van der Waals surface area contributed by atoms with E-state index in [4.69, 9.17) is 0 Å². The van der Waals surface area contributed by atoms with Crippen molar-refractivity contribution >= 4 is 54.4 Å². The number of aromatic nitrogens is 1. The Hall–Kier alpha value is -1.86. The highest BCUT2D eigenvalue weighted by Crippen LogP contribution is 2.34. The summed E-state index contributed by atoms with van der Waals surface area (Å²) in [6.07, 6.45) is 0. The molecular weight excluding hydrogens is 433 g/mol. The summed E-state index contributed by atoms with van der Waals surface area (Å²) in [5.74, 6) is 0. The molecule has 4 aromatic rings. The van der Waals surface area contributed by atoms with E-state index in [0.717, 1.165) is 25.4 Å². The average molecular weight is 447 g/mol. The summed E-state index contributed by atoms with van der Waals surface area (Å²) in [6.45, 7) is 1.94. The third-order valence-electron chi connectivity index (χ3n) is 4.16. The van der Waals surface area contributed by atoms with Gasteiger partial charge in [-0.15, -0.1) is 0 Å². The molecule has 0 aliphatic carbocycles. The Kier molecular flexibility index (Phi) is 3.65. The third kappa shape index (κ3) is 2.26. The van der Waals surface area contributed by atoms with Crippen LogP contribution < -0.4 is 0 Å². The Labute approximate surface area is 154 Å². The van der Waals surface area contributed by atoms with Crippen LogP contribution in [0.15, 0.2) is 71.6 Å². The van der Waals surface area contributed by atoms with Gasteiger partial charge in [0.1, 0.15) is 0 Å². The first-order valence-electron chi connectivity index (χ1n) is 7.50.